The molecule has 124 valence electrons. The number of rotatable bonds is 6. The topological polar surface area (TPSA) is 55.4 Å². The van der Waals surface area contributed by atoms with Gasteiger partial charge in [0.1, 0.15) is 0 Å². The summed E-state index contributed by atoms with van der Waals surface area (Å²) in [6.07, 6.45) is 1.52. The molecule has 3 rings (SSSR count). The van der Waals surface area contributed by atoms with Gasteiger partial charge in [-0.1, -0.05) is 60.1 Å². The fourth-order valence-electron chi connectivity index (χ4n) is 2.65. The van der Waals surface area contributed by atoms with Crippen molar-refractivity contribution in [1.82, 2.24) is 5.32 Å². The van der Waals surface area contributed by atoms with Crippen LogP contribution in [0.25, 0.3) is 0 Å². The maximum absolute atomic E-state index is 12.3. The summed E-state index contributed by atoms with van der Waals surface area (Å²) >= 11 is 6.03. The fourth-order valence-corrected chi connectivity index (χ4v) is 2.85. The summed E-state index contributed by atoms with van der Waals surface area (Å²) < 4.78 is 5.22. The zero-order valence-electron chi connectivity index (χ0n) is 13.1. The van der Waals surface area contributed by atoms with Gasteiger partial charge in [-0.05, 0) is 30.0 Å². The second-order valence-electron chi connectivity index (χ2n) is 5.89. The second kappa shape index (κ2) is 7.05. The predicted molar refractivity (Wildman–Crippen MR) is 91.6 cm³/mol. The molecule has 1 amide bonds. The van der Waals surface area contributed by atoms with Crippen molar-refractivity contribution in [1.29, 1.82) is 0 Å². The Morgan fingerprint density at radius 1 is 1.04 bits per heavy atom. The molecule has 1 saturated carbocycles. The van der Waals surface area contributed by atoms with Gasteiger partial charge in [-0.3, -0.25) is 9.59 Å². The summed E-state index contributed by atoms with van der Waals surface area (Å²) in [5.41, 5.74) is 1.21. The lowest BCUT2D eigenvalue weighted by atomic mass is 9.96. The third-order valence-corrected chi connectivity index (χ3v) is 4.60. The number of benzene rings is 2. The maximum atomic E-state index is 12.3. The highest BCUT2D eigenvalue weighted by molar-refractivity contribution is 6.31. The van der Waals surface area contributed by atoms with E-state index in [1.807, 2.05) is 48.5 Å². The molecular formula is C19H18ClNO3. The van der Waals surface area contributed by atoms with E-state index in [1.54, 1.807) is 6.07 Å². The Hall–Kier alpha value is -2.33. The van der Waals surface area contributed by atoms with Gasteiger partial charge in [0.05, 0.1) is 5.41 Å². The first-order valence-corrected chi connectivity index (χ1v) is 8.22. The van der Waals surface area contributed by atoms with Crippen LogP contribution in [0.5, 0.6) is 0 Å². The molecule has 4 nitrogen and oxygen atoms in total. The molecule has 1 fully saturated rings. The monoisotopic (exact) mass is 343 g/mol. The normalized spacial score (nSPS) is 14.7. The molecule has 5 heteroatoms. The van der Waals surface area contributed by atoms with E-state index < -0.39 is 5.41 Å². The number of esters is 1. The number of hydrogen-bond donors (Lipinski definition) is 1. The number of halogens is 1. The summed E-state index contributed by atoms with van der Waals surface area (Å²) in [4.78, 5) is 24.2. The van der Waals surface area contributed by atoms with Crippen LogP contribution in [0.4, 0.5) is 0 Å². The van der Waals surface area contributed by atoms with Gasteiger partial charge in [0.15, 0.2) is 6.61 Å². The van der Waals surface area contributed by atoms with Gasteiger partial charge in [0.2, 0.25) is 0 Å². The van der Waals surface area contributed by atoms with Gasteiger partial charge in [-0.25, -0.2) is 0 Å². The standard InChI is InChI=1S/C19H18ClNO3/c20-16-9-5-4-6-14(16)12-21-17(22)13-24-18(23)19(10-11-19)15-7-2-1-3-8-15/h1-9H,10-13H2,(H,21,22). The van der Waals surface area contributed by atoms with Crippen molar-refractivity contribution >= 4 is 23.5 Å². The van der Waals surface area contributed by atoms with Crippen molar-refractivity contribution in [2.45, 2.75) is 24.8 Å². The largest absolute Gasteiger partial charge is 0.455 e. The molecule has 0 atom stereocenters. The van der Waals surface area contributed by atoms with Gasteiger partial charge in [-0.2, -0.15) is 0 Å². The van der Waals surface area contributed by atoms with Crippen LogP contribution in [0.2, 0.25) is 5.02 Å². The highest BCUT2D eigenvalue weighted by Crippen LogP contribution is 2.49. The van der Waals surface area contributed by atoms with Crippen LogP contribution in [-0.2, 0) is 26.3 Å². The van der Waals surface area contributed by atoms with E-state index in [0.717, 1.165) is 24.0 Å². The third kappa shape index (κ3) is 3.60. The predicted octanol–water partition coefficient (Wildman–Crippen LogP) is 3.23. The second-order valence-corrected chi connectivity index (χ2v) is 6.30. The van der Waals surface area contributed by atoms with Crippen molar-refractivity contribution in [2.24, 2.45) is 0 Å². The van der Waals surface area contributed by atoms with E-state index in [-0.39, 0.29) is 18.5 Å². The Morgan fingerprint density at radius 2 is 1.71 bits per heavy atom. The maximum Gasteiger partial charge on any atom is 0.317 e. The highest BCUT2D eigenvalue weighted by Gasteiger charge is 2.52. The minimum absolute atomic E-state index is 0.280. The molecular weight excluding hydrogens is 326 g/mol. The van der Waals surface area contributed by atoms with E-state index in [4.69, 9.17) is 16.3 Å². The summed E-state index contributed by atoms with van der Waals surface area (Å²) in [5.74, 6) is -0.672. The zero-order chi connectivity index (χ0) is 17.0. The number of amides is 1. The summed E-state index contributed by atoms with van der Waals surface area (Å²) in [7, 11) is 0. The Bertz CT molecular complexity index is 741. The number of hydrogen-bond acceptors (Lipinski definition) is 3. The molecule has 0 bridgehead atoms. The molecule has 0 unspecified atom stereocenters. The number of nitrogens with one attached hydrogen (secondary N) is 1. The van der Waals surface area contributed by atoms with Crippen LogP contribution >= 0.6 is 11.6 Å². The Kier molecular flexibility index (Phi) is 4.86. The average molecular weight is 344 g/mol. The molecule has 0 radical (unpaired) electrons. The molecule has 1 aliphatic carbocycles. The Labute approximate surface area is 145 Å². The molecule has 1 aliphatic rings. The molecule has 2 aromatic carbocycles. The van der Waals surface area contributed by atoms with Crippen LogP contribution in [0.15, 0.2) is 54.6 Å². The van der Waals surface area contributed by atoms with Crippen molar-refractivity contribution in [3.63, 3.8) is 0 Å². The van der Waals surface area contributed by atoms with E-state index in [1.165, 1.54) is 0 Å². The number of ether oxygens (including phenoxy) is 1. The van der Waals surface area contributed by atoms with Crippen molar-refractivity contribution < 1.29 is 14.3 Å². The van der Waals surface area contributed by atoms with E-state index in [9.17, 15) is 9.59 Å². The van der Waals surface area contributed by atoms with Crippen LogP contribution in [0, 0.1) is 0 Å². The highest BCUT2D eigenvalue weighted by atomic mass is 35.5. The number of carbonyl (C=O) groups is 2. The van der Waals surface area contributed by atoms with E-state index >= 15 is 0 Å². The molecule has 2 aromatic rings. The lowest BCUT2D eigenvalue weighted by Crippen LogP contribution is -2.31. The molecule has 0 heterocycles. The van der Waals surface area contributed by atoms with E-state index in [2.05, 4.69) is 5.32 Å². The first-order chi connectivity index (χ1) is 11.6. The molecule has 0 aliphatic heterocycles. The minimum Gasteiger partial charge on any atom is -0.455 e. The van der Waals surface area contributed by atoms with Gasteiger partial charge >= 0.3 is 5.97 Å². The SMILES string of the molecule is O=C(COC(=O)C1(c2ccccc2)CC1)NCc1ccccc1Cl. The third-order valence-electron chi connectivity index (χ3n) is 4.24. The van der Waals surface area contributed by atoms with Gasteiger partial charge in [-0.15, -0.1) is 0 Å². The fraction of sp³-hybridized carbons (Fsp3) is 0.263. The van der Waals surface area contributed by atoms with Gasteiger partial charge in [0.25, 0.3) is 5.91 Å². The van der Waals surface area contributed by atoms with Crippen molar-refractivity contribution in [3.8, 4) is 0 Å². The van der Waals surface area contributed by atoms with Crippen molar-refractivity contribution in [3.05, 3.63) is 70.7 Å². The van der Waals surface area contributed by atoms with Crippen molar-refractivity contribution in [2.75, 3.05) is 6.61 Å². The van der Waals surface area contributed by atoms with Crippen LogP contribution in [0.1, 0.15) is 24.0 Å². The van der Waals surface area contributed by atoms with Crippen LogP contribution in [0.3, 0.4) is 0 Å². The molecule has 0 saturated heterocycles. The Balaban J connectivity index is 1.50. The zero-order valence-corrected chi connectivity index (χ0v) is 13.9. The summed E-state index contributed by atoms with van der Waals surface area (Å²) in [5, 5.41) is 3.30. The van der Waals surface area contributed by atoms with Crippen LogP contribution < -0.4 is 5.32 Å². The molecule has 24 heavy (non-hydrogen) atoms. The van der Waals surface area contributed by atoms with E-state index in [0.29, 0.717) is 11.6 Å². The summed E-state index contributed by atoms with van der Waals surface area (Å²) in [6, 6.07) is 16.8. The lowest BCUT2D eigenvalue weighted by Gasteiger charge is -2.14. The van der Waals surface area contributed by atoms with Crippen LogP contribution in [-0.4, -0.2) is 18.5 Å². The smallest absolute Gasteiger partial charge is 0.317 e. The molecule has 0 spiro atoms. The average Bonchev–Trinajstić information content (AvgIpc) is 3.42. The first kappa shape index (κ1) is 16.5. The Morgan fingerprint density at radius 3 is 2.38 bits per heavy atom. The first-order valence-electron chi connectivity index (χ1n) is 7.85. The quantitative estimate of drug-likeness (QED) is 0.819. The molecule has 1 N–H and O–H groups in total. The minimum atomic E-state index is -0.565. The summed E-state index contributed by atoms with van der Waals surface area (Å²) in [6.45, 7) is 0.0256. The number of carbonyl (C=O) groups excluding carboxylic acids is 2. The molecule has 0 aromatic heterocycles. The lowest BCUT2D eigenvalue weighted by molar-refractivity contribution is -0.151. The van der Waals surface area contributed by atoms with Gasteiger partial charge in [0, 0.05) is 11.6 Å². The van der Waals surface area contributed by atoms with Gasteiger partial charge < -0.3 is 10.1 Å².